The summed E-state index contributed by atoms with van der Waals surface area (Å²) in [6.45, 7) is 1.58. The maximum absolute atomic E-state index is 15.3. The van der Waals surface area contributed by atoms with Crippen molar-refractivity contribution in [3.63, 3.8) is 0 Å². The molecule has 0 radical (unpaired) electrons. The average molecular weight is 484 g/mol. The molecule has 34 heavy (non-hydrogen) atoms. The van der Waals surface area contributed by atoms with Crippen LogP contribution < -0.4 is 5.43 Å². The van der Waals surface area contributed by atoms with Gasteiger partial charge in [-0.25, -0.2) is 22.9 Å². The highest BCUT2D eigenvalue weighted by molar-refractivity contribution is 7.15. The summed E-state index contributed by atoms with van der Waals surface area (Å²) in [5.74, 6) is -3.38. The fourth-order valence-electron chi connectivity index (χ4n) is 4.22. The van der Waals surface area contributed by atoms with Gasteiger partial charge in [-0.1, -0.05) is 0 Å². The topological polar surface area (TPSA) is 61.2 Å². The van der Waals surface area contributed by atoms with Crippen molar-refractivity contribution in [2.45, 2.75) is 32.6 Å². The van der Waals surface area contributed by atoms with Crippen molar-refractivity contribution in [2.24, 2.45) is 0 Å². The normalized spacial score (nSPS) is 13.2. The SMILES string of the molecule is CCOC(=O)c1cn(-c2ccc(F)cc2F)c2nc(-c3cc4c(s3)CCCC4)c(F)cc2c1=O. The number of esters is 1. The minimum absolute atomic E-state index is 0.00974. The van der Waals surface area contributed by atoms with Crippen LogP contribution in [-0.2, 0) is 17.6 Å². The monoisotopic (exact) mass is 484 g/mol. The van der Waals surface area contributed by atoms with Crippen LogP contribution >= 0.6 is 11.3 Å². The first-order chi connectivity index (χ1) is 16.4. The standard InChI is InChI=1S/C25H19F3N2O3S/c1-2-33-25(32)16-12-30(19-8-7-14(26)10-17(19)27)24-15(23(16)31)11-18(28)22(29-24)21-9-13-5-3-4-6-20(13)34-21/h7-12H,2-6H2,1H3. The number of hydrogen-bond donors (Lipinski definition) is 0. The second-order valence-corrected chi connectivity index (χ2v) is 9.15. The van der Waals surface area contributed by atoms with Gasteiger partial charge in [0.1, 0.15) is 28.5 Å². The van der Waals surface area contributed by atoms with Crippen LogP contribution in [0.25, 0.3) is 27.3 Å². The van der Waals surface area contributed by atoms with Crippen LogP contribution in [0.1, 0.15) is 40.6 Å². The zero-order chi connectivity index (χ0) is 24.0. The van der Waals surface area contributed by atoms with Gasteiger partial charge in [0.05, 0.1) is 22.6 Å². The largest absolute Gasteiger partial charge is 0.462 e. The smallest absolute Gasteiger partial charge is 0.343 e. The minimum Gasteiger partial charge on any atom is -0.462 e. The molecule has 0 saturated carbocycles. The van der Waals surface area contributed by atoms with Crippen LogP contribution in [0.4, 0.5) is 13.2 Å². The Morgan fingerprint density at radius 2 is 1.91 bits per heavy atom. The Morgan fingerprint density at radius 1 is 1.12 bits per heavy atom. The third kappa shape index (κ3) is 3.79. The zero-order valence-corrected chi connectivity index (χ0v) is 19.0. The number of rotatable bonds is 4. The Hall–Kier alpha value is -3.46. The van der Waals surface area contributed by atoms with Crippen LogP contribution in [0.5, 0.6) is 0 Å². The molecule has 0 amide bonds. The van der Waals surface area contributed by atoms with E-state index in [1.165, 1.54) is 16.2 Å². The molecule has 5 rings (SSSR count). The molecule has 0 saturated heterocycles. The molecular weight excluding hydrogens is 465 g/mol. The molecule has 0 spiro atoms. The molecular formula is C25H19F3N2O3S. The van der Waals surface area contributed by atoms with Crippen LogP contribution in [0.15, 0.2) is 41.3 Å². The highest BCUT2D eigenvalue weighted by Gasteiger charge is 2.23. The molecule has 174 valence electrons. The lowest BCUT2D eigenvalue weighted by molar-refractivity contribution is 0.0524. The number of thiophene rings is 1. The highest BCUT2D eigenvalue weighted by Crippen LogP contribution is 2.37. The number of carbonyl (C=O) groups is 1. The van der Waals surface area contributed by atoms with Gasteiger partial charge >= 0.3 is 5.97 Å². The number of aromatic nitrogens is 2. The van der Waals surface area contributed by atoms with Crippen molar-refractivity contribution in [2.75, 3.05) is 6.61 Å². The average Bonchev–Trinajstić information content (AvgIpc) is 3.24. The highest BCUT2D eigenvalue weighted by atomic mass is 32.1. The number of pyridine rings is 2. The number of benzene rings is 1. The summed E-state index contributed by atoms with van der Waals surface area (Å²) in [5, 5.41) is -0.211. The first-order valence-corrected chi connectivity index (χ1v) is 11.7. The van der Waals surface area contributed by atoms with Crippen molar-refractivity contribution in [1.82, 2.24) is 9.55 Å². The summed E-state index contributed by atoms with van der Waals surface area (Å²) in [6, 6.07) is 5.81. The van der Waals surface area contributed by atoms with E-state index in [1.54, 1.807) is 6.92 Å². The Labute approximate surface area is 196 Å². The van der Waals surface area contributed by atoms with Crippen molar-refractivity contribution in [3.8, 4) is 16.3 Å². The van der Waals surface area contributed by atoms with Gasteiger partial charge in [0, 0.05) is 17.1 Å². The summed E-state index contributed by atoms with van der Waals surface area (Å²) in [6.07, 6.45) is 5.07. The third-order valence-corrected chi connectivity index (χ3v) is 7.07. The van der Waals surface area contributed by atoms with Crippen molar-refractivity contribution >= 4 is 28.3 Å². The molecule has 3 heterocycles. The van der Waals surface area contributed by atoms with Crippen LogP contribution in [0.3, 0.4) is 0 Å². The number of ether oxygens (including phenoxy) is 1. The molecule has 3 aromatic heterocycles. The summed E-state index contributed by atoms with van der Waals surface area (Å²) in [4.78, 5) is 31.7. The van der Waals surface area contributed by atoms with Gasteiger partial charge in [0.15, 0.2) is 5.82 Å². The lowest BCUT2D eigenvalue weighted by atomic mass is 9.99. The van der Waals surface area contributed by atoms with Gasteiger partial charge in [0.25, 0.3) is 0 Å². The third-order valence-electron chi connectivity index (χ3n) is 5.83. The van der Waals surface area contributed by atoms with E-state index in [9.17, 15) is 18.4 Å². The number of aryl methyl sites for hydroxylation is 2. The van der Waals surface area contributed by atoms with Crippen molar-refractivity contribution in [1.29, 1.82) is 0 Å². The van der Waals surface area contributed by atoms with Crippen LogP contribution in [0, 0.1) is 17.5 Å². The molecule has 0 bridgehead atoms. The van der Waals surface area contributed by atoms with Crippen LogP contribution in [-0.4, -0.2) is 22.1 Å². The van der Waals surface area contributed by atoms with Gasteiger partial charge in [-0.15, -0.1) is 11.3 Å². The van der Waals surface area contributed by atoms with E-state index in [4.69, 9.17) is 4.74 Å². The molecule has 0 atom stereocenters. The number of carbonyl (C=O) groups excluding carboxylic acids is 1. The number of nitrogens with zero attached hydrogens (tertiary/aromatic N) is 2. The maximum Gasteiger partial charge on any atom is 0.343 e. The Morgan fingerprint density at radius 3 is 2.65 bits per heavy atom. The molecule has 0 aliphatic heterocycles. The summed E-state index contributed by atoms with van der Waals surface area (Å²) >= 11 is 1.45. The first-order valence-electron chi connectivity index (χ1n) is 10.9. The second kappa shape index (κ2) is 8.72. The molecule has 0 unspecified atom stereocenters. The number of fused-ring (bicyclic) bond motifs is 2. The second-order valence-electron chi connectivity index (χ2n) is 8.01. The van der Waals surface area contributed by atoms with E-state index in [0.717, 1.165) is 60.2 Å². The van der Waals surface area contributed by atoms with E-state index in [0.29, 0.717) is 10.9 Å². The molecule has 1 aliphatic carbocycles. The summed E-state index contributed by atoms with van der Waals surface area (Å²) in [7, 11) is 0. The molecule has 4 aromatic rings. The lowest BCUT2D eigenvalue weighted by Gasteiger charge is -2.14. The number of halogens is 3. The summed E-state index contributed by atoms with van der Waals surface area (Å²) in [5.41, 5.74) is -0.188. The quantitative estimate of drug-likeness (QED) is 0.355. The van der Waals surface area contributed by atoms with Gasteiger partial charge in [-0.3, -0.25) is 9.36 Å². The molecule has 1 aromatic carbocycles. The van der Waals surface area contributed by atoms with E-state index >= 15 is 4.39 Å². The first kappa shape index (κ1) is 22.3. The Balaban J connectivity index is 1.80. The summed E-state index contributed by atoms with van der Waals surface area (Å²) < 4.78 is 49.7. The van der Waals surface area contributed by atoms with Crippen molar-refractivity contribution in [3.05, 3.63) is 80.2 Å². The maximum atomic E-state index is 15.3. The van der Waals surface area contributed by atoms with E-state index in [2.05, 4.69) is 4.98 Å². The van der Waals surface area contributed by atoms with Gasteiger partial charge < -0.3 is 4.74 Å². The molecule has 9 heteroatoms. The molecule has 5 nitrogen and oxygen atoms in total. The fourth-order valence-corrected chi connectivity index (χ4v) is 5.46. The zero-order valence-electron chi connectivity index (χ0n) is 18.2. The number of hydrogen-bond acceptors (Lipinski definition) is 5. The Bertz CT molecular complexity index is 1490. The molecule has 1 aliphatic rings. The van der Waals surface area contributed by atoms with E-state index in [-0.39, 0.29) is 29.0 Å². The van der Waals surface area contributed by atoms with Gasteiger partial charge in [0.2, 0.25) is 5.43 Å². The molecule has 0 N–H and O–H groups in total. The lowest BCUT2D eigenvalue weighted by Crippen LogP contribution is -2.21. The van der Waals surface area contributed by atoms with Gasteiger partial charge in [-0.2, -0.15) is 0 Å². The molecule has 0 fully saturated rings. The minimum atomic E-state index is -0.931. The fraction of sp³-hybridized carbons (Fsp3) is 0.240. The van der Waals surface area contributed by atoms with E-state index in [1.807, 2.05) is 6.07 Å². The Kier molecular flexibility index (Phi) is 5.73. The van der Waals surface area contributed by atoms with Crippen molar-refractivity contribution < 1.29 is 22.7 Å². The predicted octanol–water partition coefficient (Wildman–Crippen LogP) is 5.59. The predicted molar refractivity (Wildman–Crippen MR) is 123 cm³/mol. The van der Waals surface area contributed by atoms with Gasteiger partial charge in [-0.05, 0) is 62.4 Å². The van der Waals surface area contributed by atoms with E-state index < -0.39 is 34.4 Å². The van der Waals surface area contributed by atoms with Crippen LogP contribution in [0.2, 0.25) is 0 Å².